The molecule has 3 heterocycles. The number of carbonyl (C=O) groups is 1. The molecule has 0 saturated carbocycles. The molecule has 3 rings (SSSR count). The van der Waals surface area contributed by atoms with Crippen LogP contribution in [0.15, 0.2) is 0 Å². The smallest absolute Gasteiger partial charge is 0.161 e. The van der Waals surface area contributed by atoms with Crippen molar-refractivity contribution in [3.05, 3.63) is 0 Å². The van der Waals surface area contributed by atoms with Crippen LogP contribution in [-0.4, -0.2) is 54.7 Å². The van der Waals surface area contributed by atoms with Crippen LogP contribution in [0.2, 0.25) is 0 Å². The van der Waals surface area contributed by atoms with Crippen LogP contribution in [0.1, 0.15) is 13.3 Å². The van der Waals surface area contributed by atoms with E-state index in [-0.39, 0.29) is 18.3 Å². The van der Waals surface area contributed by atoms with Gasteiger partial charge in [0, 0.05) is 19.6 Å². The highest BCUT2D eigenvalue weighted by Crippen LogP contribution is 2.39. The summed E-state index contributed by atoms with van der Waals surface area (Å²) in [7, 11) is 1.58. The molecule has 15 heavy (non-hydrogen) atoms. The maximum Gasteiger partial charge on any atom is 0.161 e. The molecule has 0 aliphatic carbocycles. The molecular formula is C11H19NO3. The van der Waals surface area contributed by atoms with E-state index >= 15 is 0 Å². The van der Waals surface area contributed by atoms with E-state index in [0.717, 1.165) is 19.5 Å². The monoisotopic (exact) mass is 213 g/mol. The van der Waals surface area contributed by atoms with Crippen molar-refractivity contribution in [1.29, 1.82) is 0 Å². The first-order valence-corrected chi connectivity index (χ1v) is 5.55. The van der Waals surface area contributed by atoms with Crippen LogP contribution >= 0.6 is 0 Å². The molecular weight excluding hydrogens is 194 g/mol. The maximum atomic E-state index is 12.3. The zero-order valence-corrected chi connectivity index (χ0v) is 9.40. The number of fused-ring (bicyclic) bond motifs is 3. The quantitative estimate of drug-likeness (QED) is 0.711. The van der Waals surface area contributed by atoms with Crippen LogP contribution in [0.3, 0.4) is 0 Å². The molecule has 2 bridgehead atoms. The number of methoxy groups -OCH3 is 1. The Kier molecular flexibility index (Phi) is 2.83. The second-order valence-electron chi connectivity index (χ2n) is 4.81. The van der Waals surface area contributed by atoms with E-state index in [9.17, 15) is 9.90 Å². The first-order valence-electron chi connectivity index (χ1n) is 5.55. The highest BCUT2D eigenvalue weighted by Gasteiger charge is 2.55. The number of piperidine rings is 3. The van der Waals surface area contributed by atoms with Gasteiger partial charge in [0.05, 0.1) is 13.2 Å². The minimum absolute atomic E-state index is 0.122. The number of Topliss-reactive ketones (excluding diaryl/α,β-unsaturated/α-hetero) is 1. The fraction of sp³-hybridized carbons (Fsp3) is 0.909. The summed E-state index contributed by atoms with van der Waals surface area (Å²) < 4.78 is 5.11. The Hall–Kier alpha value is -0.450. The van der Waals surface area contributed by atoms with Crippen molar-refractivity contribution < 1.29 is 14.6 Å². The topological polar surface area (TPSA) is 49.8 Å². The Morgan fingerprint density at radius 2 is 2.40 bits per heavy atom. The predicted molar refractivity (Wildman–Crippen MR) is 55.5 cm³/mol. The molecule has 4 atom stereocenters. The van der Waals surface area contributed by atoms with E-state index in [1.165, 1.54) is 0 Å². The van der Waals surface area contributed by atoms with Gasteiger partial charge in [-0.2, -0.15) is 0 Å². The number of carbonyl (C=O) groups excluding carboxylic acids is 1. The normalized spacial score (nSPS) is 44.7. The van der Waals surface area contributed by atoms with Crippen molar-refractivity contribution in [3.8, 4) is 0 Å². The number of ether oxygens (including phenoxy) is 1. The van der Waals surface area contributed by atoms with Crippen LogP contribution in [-0.2, 0) is 9.53 Å². The Balaban J connectivity index is 2.29. The average Bonchev–Trinajstić information content (AvgIpc) is 2.23. The summed E-state index contributed by atoms with van der Waals surface area (Å²) in [6.07, 6.45) is 0.936. The van der Waals surface area contributed by atoms with E-state index in [2.05, 4.69) is 11.8 Å². The summed E-state index contributed by atoms with van der Waals surface area (Å²) in [6, 6.07) is 0. The minimum atomic E-state index is -0.746. The number of rotatable bonds is 3. The van der Waals surface area contributed by atoms with E-state index in [4.69, 9.17) is 4.74 Å². The first-order chi connectivity index (χ1) is 7.15. The molecule has 3 saturated heterocycles. The van der Waals surface area contributed by atoms with Gasteiger partial charge in [0.2, 0.25) is 0 Å². The van der Waals surface area contributed by atoms with Crippen LogP contribution in [0.25, 0.3) is 0 Å². The van der Waals surface area contributed by atoms with Crippen molar-refractivity contribution in [1.82, 2.24) is 4.90 Å². The van der Waals surface area contributed by atoms with Crippen LogP contribution < -0.4 is 0 Å². The molecule has 0 aromatic carbocycles. The molecule has 3 aliphatic heterocycles. The van der Waals surface area contributed by atoms with Crippen molar-refractivity contribution >= 4 is 5.78 Å². The minimum Gasteiger partial charge on any atom is -0.394 e. The van der Waals surface area contributed by atoms with Gasteiger partial charge in [0.25, 0.3) is 0 Å². The lowest BCUT2D eigenvalue weighted by Crippen LogP contribution is -2.71. The Morgan fingerprint density at radius 1 is 1.67 bits per heavy atom. The second-order valence-corrected chi connectivity index (χ2v) is 4.81. The standard InChI is InChI=1S/C11H19NO3/c1-8-5-12-4-3-9(8)10(14)11(12,6-13)7-15-2/h8-9,13H,3-7H2,1-2H3/t8-,9-,11+/m0/s1. The summed E-state index contributed by atoms with van der Waals surface area (Å²) in [5, 5.41) is 9.51. The first kappa shape index (κ1) is 11.0. The Labute approximate surface area is 90.2 Å². The number of nitrogens with zero attached hydrogens (tertiary/aromatic N) is 1. The van der Waals surface area contributed by atoms with Crippen LogP contribution in [0, 0.1) is 11.8 Å². The van der Waals surface area contributed by atoms with Crippen LogP contribution in [0.5, 0.6) is 0 Å². The van der Waals surface area contributed by atoms with E-state index in [1.54, 1.807) is 7.11 Å². The lowest BCUT2D eigenvalue weighted by molar-refractivity contribution is -0.163. The highest BCUT2D eigenvalue weighted by molar-refractivity contribution is 5.92. The van der Waals surface area contributed by atoms with Gasteiger partial charge in [-0.15, -0.1) is 0 Å². The fourth-order valence-electron chi connectivity index (χ4n) is 3.05. The fourth-order valence-corrected chi connectivity index (χ4v) is 3.05. The second kappa shape index (κ2) is 3.85. The molecule has 4 nitrogen and oxygen atoms in total. The number of ketones is 1. The molecule has 1 N–H and O–H groups in total. The van der Waals surface area contributed by atoms with E-state index in [0.29, 0.717) is 12.5 Å². The van der Waals surface area contributed by atoms with Gasteiger partial charge in [-0.25, -0.2) is 0 Å². The van der Waals surface area contributed by atoms with Gasteiger partial charge in [-0.3, -0.25) is 9.69 Å². The molecule has 3 fully saturated rings. The number of aliphatic hydroxyl groups is 1. The lowest BCUT2D eigenvalue weighted by atomic mass is 9.69. The van der Waals surface area contributed by atoms with Crippen molar-refractivity contribution in [2.45, 2.75) is 18.9 Å². The summed E-state index contributed by atoms with van der Waals surface area (Å²) in [5.41, 5.74) is -0.746. The summed E-state index contributed by atoms with van der Waals surface area (Å²) in [5.74, 6) is 0.719. The van der Waals surface area contributed by atoms with Gasteiger partial charge in [-0.1, -0.05) is 6.92 Å². The third-order valence-electron chi connectivity index (χ3n) is 3.95. The molecule has 1 unspecified atom stereocenters. The van der Waals surface area contributed by atoms with E-state index in [1.807, 2.05) is 0 Å². The van der Waals surface area contributed by atoms with Gasteiger partial charge in [0.1, 0.15) is 5.54 Å². The molecule has 0 radical (unpaired) electrons. The average molecular weight is 213 g/mol. The zero-order chi connectivity index (χ0) is 11.1. The Bertz CT molecular complexity index is 269. The number of hydrogen-bond acceptors (Lipinski definition) is 4. The molecule has 4 heteroatoms. The van der Waals surface area contributed by atoms with Crippen molar-refractivity contribution in [2.75, 3.05) is 33.4 Å². The number of hydrogen-bond donors (Lipinski definition) is 1. The van der Waals surface area contributed by atoms with Crippen molar-refractivity contribution in [3.63, 3.8) is 0 Å². The lowest BCUT2D eigenvalue weighted by Gasteiger charge is -2.54. The summed E-state index contributed by atoms with van der Waals surface area (Å²) in [4.78, 5) is 14.4. The van der Waals surface area contributed by atoms with Gasteiger partial charge >= 0.3 is 0 Å². The maximum absolute atomic E-state index is 12.3. The van der Waals surface area contributed by atoms with Gasteiger partial charge in [-0.05, 0) is 18.9 Å². The molecule has 3 aliphatic rings. The zero-order valence-electron chi connectivity index (χ0n) is 9.40. The Morgan fingerprint density at radius 3 is 2.87 bits per heavy atom. The summed E-state index contributed by atoms with van der Waals surface area (Å²) in [6.45, 7) is 4.11. The van der Waals surface area contributed by atoms with E-state index < -0.39 is 5.54 Å². The molecule has 0 aromatic rings. The highest BCUT2D eigenvalue weighted by atomic mass is 16.5. The predicted octanol–water partition coefficient (Wildman–Crippen LogP) is -0.0954. The molecule has 0 amide bonds. The molecule has 0 aromatic heterocycles. The molecule has 86 valence electrons. The molecule has 0 spiro atoms. The third kappa shape index (κ3) is 1.43. The van der Waals surface area contributed by atoms with Gasteiger partial charge < -0.3 is 9.84 Å². The largest absolute Gasteiger partial charge is 0.394 e. The van der Waals surface area contributed by atoms with Gasteiger partial charge in [0.15, 0.2) is 5.78 Å². The van der Waals surface area contributed by atoms with Crippen molar-refractivity contribution in [2.24, 2.45) is 11.8 Å². The van der Waals surface area contributed by atoms with Crippen LogP contribution in [0.4, 0.5) is 0 Å². The third-order valence-corrected chi connectivity index (χ3v) is 3.95. The SMILES string of the molecule is COC[C@]1(CO)C(=O)[C@H]2CCN1C[C@@H]2C. The summed E-state index contributed by atoms with van der Waals surface area (Å²) >= 11 is 0. The number of aliphatic hydroxyl groups excluding tert-OH is 1.